The summed E-state index contributed by atoms with van der Waals surface area (Å²) in [7, 11) is 1.71. The Kier molecular flexibility index (Phi) is 2.35. The lowest BCUT2D eigenvalue weighted by molar-refractivity contribution is -0.246. The molecule has 1 nitrogen and oxygen atoms in total. The number of aliphatic hydroxyl groups is 1. The van der Waals surface area contributed by atoms with E-state index < -0.39 is 11.8 Å². The monoisotopic (exact) mass is 262 g/mol. The van der Waals surface area contributed by atoms with E-state index in [0.717, 1.165) is 0 Å². The van der Waals surface area contributed by atoms with E-state index in [4.69, 9.17) is 0 Å². The van der Waals surface area contributed by atoms with Crippen LogP contribution in [0.1, 0.15) is 11.1 Å². The quantitative estimate of drug-likeness (QED) is 0.717. The Hall–Kier alpha value is -1.75. The third kappa shape index (κ3) is 1.48. The molecule has 19 heavy (non-hydrogen) atoms. The van der Waals surface area contributed by atoms with Crippen LogP contribution in [0.25, 0.3) is 11.1 Å². The lowest BCUT2D eigenvalue weighted by atomic mass is 9.86. The van der Waals surface area contributed by atoms with Crippen LogP contribution in [-0.4, -0.2) is 19.1 Å². The van der Waals surface area contributed by atoms with Crippen LogP contribution in [0.4, 0.5) is 13.2 Å². The predicted molar refractivity (Wildman–Crippen MR) is 69.1 cm³/mol. The van der Waals surface area contributed by atoms with Crippen LogP contribution in [0.15, 0.2) is 42.5 Å². The summed E-state index contributed by atoms with van der Waals surface area (Å²) in [5.74, 6) is 0. The third-order valence-corrected chi connectivity index (χ3v) is 3.58. The molecule has 96 valence electrons. The normalized spacial score (nSPS) is 21.1. The molecule has 0 fully saturated rings. The van der Waals surface area contributed by atoms with Gasteiger partial charge in [-0.05, 0) is 11.1 Å². The van der Waals surface area contributed by atoms with Crippen molar-refractivity contribution in [1.29, 1.82) is 0 Å². The van der Waals surface area contributed by atoms with Crippen LogP contribution < -0.4 is 5.46 Å². The number of hydrogen-bond donors (Lipinski definition) is 1. The Labute approximate surface area is 109 Å². The highest BCUT2D eigenvalue weighted by molar-refractivity contribution is 6.32. The van der Waals surface area contributed by atoms with Crippen LogP contribution in [0, 0.1) is 0 Å². The van der Waals surface area contributed by atoms with E-state index in [0.29, 0.717) is 16.6 Å². The summed E-state index contributed by atoms with van der Waals surface area (Å²) in [5, 5.41) is 10.3. The van der Waals surface area contributed by atoms with Gasteiger partial charge in [-0.2, -0.15) is 13.2 Å². The molecule has 0 aliphatic heterocycles. The lowest BCUT2D eigenvalue weighted by Gasteiger charge is -2.28. The molecule has 1 atom stereocenters. The van der Waals surface area contributed by atoms with Crippen LogP contribution in [-0.2, 0) is 5.60 Å². The van der Waals surface area contributed by atoms with Crippen molar-refractivity contribution in [2.45, 2.75) is 11.8 Å². The molecule has 0 saturated heterocycles. The summed E-state index contributed by atoms with van der Waals surface area (Å²) >= 11 is 0. The Morgan fingerprint density at radius 1 is 0.947 bits per heavy atom. The van der Waals surface area contributed by atoms with Gasteiger partial charge in [0.15, 0.2) is 0 Å². The van der Waals surface area contributed by atoms with E-state index in [1.165, 1.54) is 18.2 Å². The Bertz CT molecular complexity index is 666. The van der Waals surface area contributed by atoms with Gasteiger partial charge in [-0.25, -0.2) is 0 Å². The molecule has 1 unspecified atom stereocenters. The molecular formula is C14H10BF3O. The molecular weight excluding hydrogens is 252 g/mol. The first-order chi connectivity index (χ1) is 8.85. The molecule has 0 bridgehead atoms. The molecule has 2 aromatic rings. The van der Waals surface area contributed by atoms with E-state index >= 15 is 0 Å². The molecule has 0 saturated carbocycles. The highest BCUT2D eigenvalue weighted by atomic mass is 19.4. The van der Waals surface area contributed by atoms with Crippen LogP contribution in [0.5, 0.6) is 0 Å². The Morgan fingerprint density at radius 3 is 2.26 bits per heavy atom. The Balaban J connectivity index is 2.42. The molecule has 1 aliphatic rings. The zero-order valence-electron chi connectivity index (χ0n) is 10.1. The zero-order valence-corrected chi connectivity index (χ0v) is 10.1. The van der Waals surface area contributed by atoms with Crippen LogP contribution in [0.2, 0.25) is 0 Å². The molecule has 1 N–H and O–H groups in total. The molecule has 0 spiro atoms. The van der Waals surface area contributed by atoms with Crippen molar-refractivity contribution in [3.8, 4) is 11.1 Å². The zero-order chi connectivity index (χ0) is 13.8. The smallest absolute Gasteiger partial charge is 0.372 e. The first-order valence-corrected chi connectivity index (χ1v) is 5.86. The van der Waals surface area contributed by atoms with Gasteiger partial charge in [0.05, 0.1) is 0 Å². The minimum absolute atomic E-state index is 0.0822. The number of rotatable bonds is 0. The molecule has 0 amide bonds. The van der Waals surface area contributed by atoms with E-state index in [9.17, 15) is 18.3 Å². The number of alkyl halides is 3. The van der Waals surface area contributed by atoms with Crippen molar-refractivity contribution >= 4 is 13.3 Å². The highest BCUT2D eigenvalue weighted by Gasteiger charge is 2.60. The van der Waals surface area contributed by atoms with Gasteiger partial charge < -0.3 is 5.11 Å². The molecule has 3 rings (SSSR count). The van der Waals surface area contributed by atoms with Gasteiger partial charge in [-0.3, -0.25) is 0 Å². The lowest BCUT2D eigenvalue weighted by Crippen LogP contribution is -2.42. The van der Waals surface area contributed by atoms with E-state index in [2.05, 4.69) is 0 Å². The SMILES string of the molecule is Bc1ccc2c(c1)C(O)(C(F)(F)F)c1ccccc1-2. The second-order valence-electron chi connectivity index (χ2n) is 4.80. The second kappa shape index (κ2) is 3.64. The molecule has 0 radical (unpaired) electrons. The van der Waals surface area contributed by atoms with Gasteiger partial charge in [0, 0.05) is 11.1 Å². The summed E-state index contributed by atoms with van der Waals surface area (Å²) in [6.07, 6.45) is -4.75. The van der Waals surface area contributed by atoms with Crippen molar-refractivity contribution in [3.63, 3.8) is 0 Å². The van der Waals surface area contributed by atoms with Crippen molar-refractivity contribution in [2.75, 3.05) is 0 Å². The first kappa shape index (κ1) is 12.3. The number of benzene rings is 2. The maximum Gasteiger partial charge on any atom is 0.425 e. The van der Waals surface area contributed by atoms with Crippen molar-refractivity contribution < 1.29 is 18.3 Å². The summed E-state index contributed by atoms with van der Waals surface area (Å²) in [5.41, 5.74) is -1.51. The number of fused-ring (bicyclic) bond motifs is 3. The second-order valence-corrected chi connectivity index (χ2v) is 4.80. The largest absolute Gasteiger partial charge is 0.425 e. The summed E-state index contributed by atoms with van der Waals surface area (Å²) in [6, 6.07) is 10.9. The molecule has 1 aliphatic carbocycles. The van der Waals surface area contributed by atoms with Gasteiger partial charge in [0.1, 0.15) is 7.85 Å². The summed E-state index contributed by atoms with van der Waals surface area (Å²) in [4.78, 5) is 0. The number of hydrogen-bond acceptors (Lipinski definition) is 1. The third-order valence-electron chi connectivity index (χ3n) is 3.58. The van der Waals surface area contributed by atoms with Gasteiger partial charge in [-0.1, -0.05) is 47.9 Å². The average molecular weight is 262 g/mol. The molecule has 0 aromatic heterocycles. The average Bonchev–Trinajstić information content (AvgIpc) is 2.61. The standard InChI is InChI=1S/C14H10BF3O/c15-8-5-6-10-9-3-1-2-4-11(9)13(19,12(10)7-8)14(16,17)18/h1-7,19H,15H2. The topological polar surface area (TPSA) is 20.2 Å². The number of halogens is 3. The molecule has 0 heterocycles. The summed E-state index contributed by atoms with van der Waals surface area (Å²) in [6.45, 7) is 0. The van der Waals surface area contributed by atoms with E-state index in [1.54, 1.807) is 32.1 Å². The van der Waals surface area contributed by atoms with E-state index in [-0.39, 0.29) is 11.1 Å². The van der Waals surface area contributed by atoms with Crippen LogP contribution in [0.3, 0.4) is 0 Å². The Morgan fingerprint density at radius 2 is 1.58 bits per heavy atom. The van der Waals surface area contributed by atoms with Crippen LogP contribution >= 0.6 is 0 Å². The first-order valence-electron chi connectivity index (χ1n) is 5.86. The van der Waals surface area contributed by atoms with Gasteiger partial charge >= 0.3 is 6.18 Å². The van der Waals surface area contributed by atoms with Crippen molar-refractivity contribution in [2.24, 2.45) is 0 Å². The maximum atomic E-state index is 13.4. The fraction of sp³-hybridized carbons (Fsp3) is 0.143. The minimum Gasteiger partial charge on any atom is -0.372 e. The van der Waals surface area contributed by atoms with Gasteiger partial charge in [0.25, 0.3) is 0 Å². The van der Waals surface area contributed by atoms with Gasteiger partial charge in [-0.15, -0.1) is 0 Å². The van der Waals surface area contributed by atoms with Gasteiger partial charge in [0.2, 0.25) is 5.60 Å². The fourth-order valence-corrected chi connectivity index (χ4v) is 2.68. The van der Waals surface area contributed by atoms with E-state index in [1.807, 2.05) is 0 Å². The van der Waals surface area contributed by atoms with Crippen molar-refractivity contribution in [3.05, 3.63) is 53.6 Å². The highest BCUT2D eigenvalue weighted by Crippen LogP contribution is 2.54. The minimum atomic E-state index is -4.75. The fourth-order valence-electron chi connectivity index (χ4n) is 2.68. The molecule has 5 heteroatoms. The van der Waals surface area contributed by atoms with Crippen molar-refractivity contribution in [1.82, 2.24) is 0 Å². The summed E-state index contributed by atoms with van der Waals surface area (Å²) < 4.78 is 40.2. The maximum absolute atomic E-state index is 13.4. The molecule has 2 aromatic carbocycles. The predicted octanol–water partition coefficient (Wildman–Crippen LogP) is 1.72.